The fourth-order valence-corrected chi connectivity index (χ4v) is 1.41. The van der Waals surface area contributed by atoms with Crippen LogP contribution in [0.15, 0.2) is 24.5 Å². The number of nitrogens with zero attached hydrogens (tertiary/aromatic N) is 2. The van der Waals surface area contributed by atoms with Crippen molar-refractivity contribution in [2.24, 2.45) is 0 Å². The molecule has 1 rings (SSSR count). The molecule has 0 spiro atoms. The van der Waals surface area contributed by atoms with Gasteiger partial charge in [-0.2, -0.15) is 0 Å². The van der Waals surface area contributed by atoms with Gasteiger partial charge in [-0.15, -0.1) is 0 Å². The van der Waals surface area contributed by atoms with E-state index in [4.69, 9.17) is 0 Å². The van der Waals surface area contributed by atoms with Gasteiger partial charge in [0.2, 0.25) is 5.91 Å². The van der Waals surface area contributed by atoms with Crippen LogP contribution >= 0.6 is 0 Å². The molecule has 1 heterocycles. The number of aromatic nitrogens is 1. The lowest BCUT2D eigenvalue weighted by Crippen LogP contribution is -2.31. The summed E-state index contributed by atoms with van der Waals surface area (Å²) < 4.78 is 0. The van der Waals surface area contributed by atoms with Gasteiger partial charge in [0.05, 0.1) is 6.42 Å². The van der Waals surface area contributed by atoms with Crippen LogP contribution in [-0.4, -0.2) is 28.1 Å². The maximum absolute atomic E-state index is 11.7. The second kappa shape index (κ2) is 6.00. The van der Waals surface area contributed by atoms with Crippen molar-refractivity contribution in [2.75, 3.05) is 6.54 Å². The third-order valence-electron chi connectivity index (χ3n) is 2.26. The molecule has 0 atom stereocenters. The van der Waals surface area contributed by atoms with Gasteiger partial charge in [0, 0.05) is 25.5 Å². The molecule has 0 aliphatic rings. The van der Waals surface area contributed by atoms with Crippen LogP contribution in [0, 0.1) is 0 Å². The summed E-state index contributed by atoms with van der Waals surface area (Å²) in [6.07, 6.45) is 3.37. The number of hydrogen-bond donors (Lipinski definition) is 0. The molecule has 4 nitrogen and oxygen atoms in total. The first-order valence-electron chi connectivity index (χ1n) is 5.29. The molecule has 0 radical (unpaired) electrons. The van der Waals surface area contributed by atoms with Crippen LogP contribution in [0.3, 0.4) is 0 Å². The Morgan fingerprint density at radius 1 is 1.31 bits per heavy atom. The quantitative estimate of drug-likeness (QED) is 0.705. The fourth-order valence-electron chi connectivity index (χ4n) is 1.41. The van der Waals surface area contributed by atoms with Crippen LogP contribution in [0.1, 0.15) is 25.8 Å². The van der Waals surface area contributed by atoms with Crippen LogP contribution in [0.5, 0.6) is 0 Å². The maximum Gasteiger partial charge on any atom is 0.230 e. The summed E-state index contributed by atoms with van der Waals surface area (Å²) in [6.45, 7) is 4.47. The van der Waals surface area contributed by atoms with Gasteiger partial charge in [0.15, 0.2) is 0 Å². The maximum atomic E-state index is 11.7. The molecular formula is C12H16N2O2. The molecule has 0 unspecified atom stereocenters. The molecule has 0 fully saturated rings. The van der Waals surface area contributed by atoms with Crippen molar-refractivity contribution in [1.29, 1.82) is 0 Å². The Hall–Kier alpha value is -1.71. The van der Waals surface area contributed by atoms with Crippen molar-refractivity contribution in [3.63, 3.8) is 0 Å². The summed E-state index contributed by atoms with van der Waals surface area (Å²) in [5.41, 5.74) is 1.02. The zero-order chi connectivity index (χ0) is 12.0. The van der Waals surface area contributed by atoms with Crippen molar-refractivity contribution >= 4 is 11.7 Å². The molecule has 86 valence electrons. The highest BCUT2D eigenvalue weighted by atomic mass is 16.2. The number of rotatable bonds is 5. The minimum atomic E-state index is -0.119. The Morgan fingerprint density at radius 3 is 2.44 bits per heavy atom. The molecular weight excluding hydrogens is 204 g/mol. The lowest BCUT2D eigenvalue weighted by atomic mass is 10.2. The third-order valence-corrected chi connectivity index (χ3v) is 2.26. The molecule has 16 heavy (non-hydrogen) atoms. The Labute approximate surface area is 95.3 Å². The first-order chi connectivity index (χ1) is 7.63. The van der Waals surface area contributed by atoms with Crippen LogP contribution in [0.2, 0.25) is 0 Å². The van der Waals surface area contributed by atoms with Crippen molar-refractivity contribution in [3.8, 4) is 0 Å². The standard InChI is InChI=1S/C12H16N2O2/c1-3-14(12(16)8-10(2)15)9-11-4-6-13-7-5-11/h4-7H,3,8-9H2,1-2H3. The highest BCUT2D eigenvalue weighted by molar-refractivity contribution is 5.96. The minimum Gasteiger partial charge on any atom is -0.338 e. The molecule has 0 N–H and O–H groups in total. The Bertz CT molecular complexity index is 363. The zero-order valence-electron chi connectivity index (χ0n) is 9.64. The van der Waals surface area contributed by atoms with Gasteiger partial charge in [-0.25, -0.2) is 0 Å². The van der Waals surface area contributed by atoms with Gasteiger partial charge >= 0.3 is 0 Å². The van der Waals surface area contributed by atoms with Gasteiger partial charge in [-0.1, -0.05) is 0 Å². The summed E-state index contributed by atoms with van der Waals surface area (Å²) >= 11 is 0. The molecule has 4 heteroatoms. The molecule has 1 aromatic rings. The Balaban J connectivity index is 2.62. The molecule has 0 aliphatic carbocycles. The Morgan fingerprint density at radius 2 is 1.94 bits per heavy atom. The number of hydrogen-bond acceptors (Lipinski definition) is 3. The summed E-state index contributed by atoms with van der Waals surface area (Å²) in [5.74, 6) is -0.218. The first-order valence-corrected chi connectivity index (χ1v) is 5.29. The van der Waals surface area contributed by atoms with E-state index in [0.29, 0.717) is 13.1 Å². The molecule has 0 saturated carbocycles. The largest absolute Gasteiger partial charge is 0.338 e. The molecule has 0 bridgehead atoms. The molecule has 1 amide bonds. The predicted molar refractivity (Wildman–Crippen MR) is 60.6 cm³/mol. The van der Waals surface area contributed by atoms with Crippen molar-refractivity contribution in [2.45, 2.75) is 26.8 Å². The van der Waals surface area contributed by atoms with Crippen LogP contribution in [0.4, 0.5) is 0 Å². The third kappa shape index (κ3) is 3.81. The van der Waals surface area contributed by atoms with Crippen LogP contribution in [-0.2, 0) is 16.1 Å². The predicted octanol–water partition coefficient (Wildman–Crippen LogP) is 1.41. The van der Waals surface area contributed by atoms with E-state index in [1.807, 2.05) is 19.1 Å². The lowest BCUT2D eigenvalue weighted by Gasteiger charge is -2.20. The van der Waals surface area contributed by atoms with E-state index >= 15 is 0 Å². The topological polar surface area (TPSA) is 50.3 Å². The van der Waals surface area contributed by atoms with Crippen molar-refractivity contribution in [3.05, 3.63) is 30.1 Å². The number of carbonyl (C=O) groups excluding carboxylic acids is 2. The van der Waals surface area contributed by atoms with E-state index in [1.165, 1.54) is 6.92 Å². The summed E-state index contributed by atoms with van der Waals surface area (Å²) in [6, 6.07) is 3.73. The van der Waals surface area contributed by atoms with E-state index in [-0.39, 0.29) is 18.1 Å². The lowest BCUT2D eigenvalue weighted by molar-refractivity contribution is -0.135. The minimum absolute atomic E-state index is 0.0150. The summed E-state index contributed by atoms with van der Waals surface area (Å²) in [4.78, 5) is 28.1. The number of pyridine rings is 1. The molecule has 0 saturated heterocycles. The van der Waals surface area contributed by atoms with Crippen LogP contribution < -0.4 is 0 Å². The molecule has 1 aromatic heterocycles. The van der Waals surface area contributed by atoms with Crippen molar-refractivity contribution in [1.82, 2.24) is 9.88 Å². The monoisotopic (exact) mass is 220 g/mol. The van der Waals surface area contributed by atoms with Gasteiger partial charge in [-0.05, 0) is 31.5 Å². The van der Waals surface area contributed by atoms with Gasteiger partial charge < -0.3 is 4.90 Å². The number of ketones is 1. The Kier molecular flexibility index (Phi) is 4.64. The number of carbonyl (C=O) groups is 2. The summed E-state index contributed by atoms with van der Waals surface area (Å²) in [5, 5.41) is 0. The fraction of sp³-hybridized carbons (Fsp3) is 0.417. The molecule has 0 aliphatic heterocycles. The van der Waals surface area contributed by atoms with Gasteiger partial charge in [0.25, 0.3) is 0 Å². The smallest absolute Gasteiger partial charge is 0.230 e. The van der Waals surface area contributed by atoms with E-state index in [0.717, 1.165) is 5.56 Å². The van der Waals surface area contributed by atoms with E-state index < -0.39 is 0 Å². The van der Waals surface area contributed by atoms with Crippen molar-refractivity contribution < 1.29 is 9.59 Å². The first kappa shape index (κ1) is 12.4. The number of Topliss-reactive ketones (excluding diaryl/α,β-unsaturated/α-hetero) is 1. The van der Waals surface area contributed by atoms with Crippen LogP contribution in [0.25, 0.3) is 0 Å². The average Bonchev–Trinajstić information content (AvgIpc) is 2.26. The van der Waals surface area contributed by atoms with Gasteiger partial charge in [-0.3, -0.25) is 14.6 Å². The summed E-state index contributed by atoms with van der Waals surface area (Å²) in [7, 11) is 0. The SMILES string of the molecule is CCN(Cc1ccncc1)C(=O)CC(C)=O. The second-order valence-electron chi connectivity index (χ2n) is 3.64. The van der Waals surface area contributed by atoms with E-state index in [2.05, 4.69) is 4.98 Å². The normalized spacial score (nSPS) is 9.88. The highest BCUT2D eigenvalue weighted by Crippen LogP contribution is 2.05. The van der Waals surface area contributed by atoms with E-state index in [9.17, 15) is 9.59 Å². The second-order valence-corrected chi connectivity index (χ2v) is 3.64. The molecule has 0 aromatic carbocycles. The average molecular weight is 220 g/mol. The van der Waals surface area contributed by atoms with E-state index in [1.54, 1.807) is 17.3 Å². The number of amides is 1. The zero-order valence-corrected chi connectivity index (χ0v) is 9.64. The highest BCUT2D eigenvalue weighted by Gasteiger charge is 2.13. The van der Waals surface area contributed by atoms with Gasteiger partial charge in [0.1, 0.15) is 5.78 Å².